The number of benzene rings is 1. The van der Waals surface area contributed by atoms with Crippen LogP contribution in [-0.4, -0.2) is 34.7 Å². The molecule has 30 heavy (non-hydrogen) atoms. The molecule has 7 heteroatoms. The van der Waals surface area contributed by atoms with Crippen LogP contribution in [0.1, 0.15) is 49.7 Å². The van der Waals surface area contributed by atoms with Gasteiger partial charge in [-0.2, -0.15) is 5.10 Å². The van der Waals surface area contributed by atoms with Gasteiger partial charge in [0.25, 0.3) is 0 Å². The summed E-state index contributed by atoms with van der Waals surface area (Å²) in [6.45, 7) is 10.9. The average molecular weight is 413 g/mol. The molecule has 3 N–H and O–H groups in total. The Labute approximate surface area is 180 Å². The fraction of sp³-hybridized carbons (Fsp3) is 0.522. The number of guanidine groups is 1. The van der Waals surface area contributed by atoms with Crippen LogP contribution >= 0.6 is 0 Å². The minimum absolute atomic E-state index is 0.00313. The lowest BCUT2D eigenvalue weighted by Gasteiger charge is -2.18. The van der Waals surface area contributed by atoms with Crippen molar-refractivity contribution in [3.05, 3.63) is 46.8 Å². The fourth-order valence-corrected chi connectivity index (χ4v) is 3.29. The van der Waals surface area contributed by atoms with Crippen LogP contribution in [0.15, 0.2) is 29.3 Å². The van der Waals surface area contributed by atoms with Crippen LogP contribution in [-0.2, 0) is 24.8 Å². The minimum atomic E-state index is 0.00313. The summed E-state index contributed by atoms with van der Waals surface area (Å²) in [6, 6.07) is 8.10. The number of aromatic nitrogens is 2. The fourth-order valence-electron chi connectivity index (χ4n) is 3.29. The van der Waals surface area contributed by atoms with Crippen molar-refractivity contribution < 1.29 is 4.79 Å². The number of hydrogen-bond donors (Lipinski definition) is 3. The molecule has 0 spiro atoms. The van der Waals surface area contributed by atoms with Gasteiger partial charge in [0, 0.05) is 44.0 Å². The van der Waals surface area contributed by atoms with Gasteiger partial charge in [-0.15, -0.1) is 0 Å². The SMILES string of the molecule is CCC(C)C(=O)Nc1cccc(CNC(=NC)NC(C)Cc2c(C)nn(C)c2C)c1. The lowest BCUT2D eigenvalue weighted by Crippen LogP contribution is -2.42. The Morgan fingerprint density at radius 2 is 2.00 bits per heavy atom. The van der Waals surface area contributed by atoms with E-state index >= 15 is 0 Å². The first kappa shape index (κ1) is 23.4. The van der Waals surface area contributed by atoms with E-state index in [1.807, 2.05) is 49.8 Å². The molecule has 2 aromatic rings. The van der Waals surface area contributed by atoms with E-state index in [4.69, 9.17) is 0 Å². The van der Waals surface area contributed by atoms with E-state index in [1.165, 1.54) is 11.3 Å². The maximum absolute atomic E-state index is 12.1. The maximum atomic E-state index is 12.1. The van der Waals surface area contributed by atoms with Crippen LogP contribution in [0, 0.1) is 19.8 Å². The summed E-state index contributed by atoms with van der Waals surface area (Å²) in [7, 11) is 3.75. The van der Waals surface area contributed by atoms with Gasteiger partial charge < -0.3 is 16.0 Å². The zero-order chi connectivity index (χ0) is 22.3. The van der Waals surface area contributed by atoms with Crippen LogP contribution in [0.25, 0.3) is 0 Å². The van der Waals surface area contributed by atoms with E-state index in [-0.39, 0.29) is 17.9 Å². The normalized spacial score (nSPS) is 13.6. The van der Waals surface area contributed by atoms with Crippen LogP contribution in [0.5, 0.6) is 0 Å². The number of nitrogens with one attached hydrogen (secondary N) is 3. The molecule has 2 atom stereocenters. The lowest BCUT2D eigenvalue weighted by molar-refractivity contribution is -0.119. The van der Waals surface area contributed by atoms with Gasteiger partial charge in [0.2, 0.25) is 5.91 Å². The molecule has 0 aliphatic rings. The van der Waals surface area contributed by atoms with Gasteiger partial charge in [0.1, 0.15) is 0 Å². The molecule has 0 aliphatic heterocycles. The molecule has 0 aliphatic carbocycles. The third-order valence-electron chi connectivity index (χ3n) is 5.49. The van der Waals surface area contributed by atoms with Gasteiger partial charge in [-0.25, -0.2) is 0 Å². The summed E-state index contributed by atoms with van der Waals surface area (Å²) in [5.74, 6) is 0.800. The molecule has 2 unspecified atom stereocenters. The molecule has 1 aromatic carbocycles. The van der Waals surface area contributed by atoms with E-state index in [1.54, 1.807) is 7.05 Å². The zero-order valence-corrected chi connectivity index (χ0v) is 19.3. The Morgan fingerprint density at radius 1 is 1.27 bits per heavy atom. The third kappa shape index (κ3) is 6.34. The topological polar surface area (TPSA) is 83.3 Å². The lowest BCUT2D eigenvalue weighted by atomic mass is 10.1. The molecule has 1 amide bonds. The number of aliphatic imine (C=N–C) groups is 1. The third-order valence-corrected chi connectivity index (χ3v) is 5.49. The second kappa shape index (κ2) is 10.8. The first-order chi connectivity index (χ1) is 14.2. The standard InChI is InChI=1S/C23H36N6O/c1-8-15(2)22(30)27-20-11-9-10-19(13-20)14-25-23(24-6)26-16(3)12-21-17(4)28-29(7)18(21)5/h9-11,13,15-16H,8,12,14H2,1-7H3,(H,27,30)(H2,24,25,26). The number of nitrogens with zero attached hydrogens (tertiary/aromatic N) is 3. The van der Waals surface area contributed by atoms with Gasteiger partial charge in [0.15, 0.2) is 5.96 Å². The summed E-state index contributed by atoms with van der Waals surface area (Å²) < 4.78 is 1.93. The van der Waals surface area contributed by atoms with Crippen LogP contribution < -0.4 is 16.0 Å². The van der Waals surface area contributed by atoms with Crippen molar-refractivity contribution in [1.82, 2.24) is 20.4 Å². The molecule has 7 nitrogen and oxygen atoms in total. The number of rotatable bonds is 8. The van der Waals surface area contributed by atoms with E-state index < -0.39 is 0 Å². The Kier molecular flexibility index (Phi) is 8.45. The molecular weight excluding hydrogens is 376 g/mol. The molecular formula is C23H36N6O. The van der Waals surface area contributed by atoms with Crippen molar-refractivity contribution >= 4 is 17.6 Å². The predicted molar refractivity (Wildman–Crippen MR) is 124 cm³/mol. The number of amides is 1. The molecule has 1 heterocycles. The second-order valence-electron chi connectivity index (χ2n) is 7.95. The average Bonchev–Trinajstić information content (AvgIpc) is 2.96. The monoisotopic (exact) mass is 412 g/mol. The van der Waals surface area contributed by atoms with Crippen molar-refractivity contribution in [2.45, 2.75) is 60.0 Å². The zero-order valence-electron chi connectivity index (χ0n) is 19.3. The molecule has 0 bridgehead atoms. The summed E-state index contributed by atoms with van der Waals surface area (Å²) in [6.07, 6.45) is 1.70. The maximum Gasteiger partial charge on any atom is 0.227 e. The van der Waals surface area contributed by atoms with Crippen LogP contribution in [0.3, 0.4) is 0 Å². The Hall–Kier alpha value is -2.83. The van der Waals surface area contributed by atoms with E-state index in [0.717, 1.165) is 35.7 Å². The predicted octanol–water partition coefficient (Wildman–Crippen LogP) is 3.32. The van der Waals surface area contributed by atoms with E-state index in [0.29, 0.717) is 6.54 Å². The molecule has 0 saturated heterocycles. The highest BCUT2D eigenvalue weighted by molar-refractivity contribution is 5.92. The summed E-state index contributed by atoms with van der Waals surface area (Å²) in [5.41, 5.74) is 5.44. The van der Waals surface area contributed by atoms with Crippen molar-refractivity contribution in [2.24, 2.45) is 18.0 Å². The molecule has 1 aromatic heterocycles. The van der Waals surface area contributed by atoms with Gasteiger partial charge in [-0.05, 0) is 56.9 Å². The number of anilines is 1. The molecule has 2 rings (SSSR count). The number of aryl methyl sites for hydroxylation is 2. The summed E-state index contributed by atoms with van der Waals surface area (Å²) in [5, 5.41) is 14.3. The van der Waals surface area contributed by atoms with Crippen molar-refractivity contribution in [1.29, 1.82) is 0 Å². The summed E-state index contributed by atoms with van der Waals surface area (Å²) >= 11 is 0. The largest absolute Gasteiger partial charge is 0.354 e. The van der Waals surface area contributed by atoms with Crippen LogP contribution in [0.2, 0.25) is 0 Å². The first-order valence-electron chi connectivity index (χ1n) is 10.6. The van der Waals surface area contributed by atoms with Gasteiger partial charge in [-0.3, -0.25) is 14.5 Å². The Morgan fingerprint density at radius 3 is 2.60 bits per heavy atom. The molecule has 0 radical (unpaired) electrons. The number of hydrogen-bond acceptors (Lipinski definition) is 3. The Bertz CT molecular complexity index is 886. The quantitative estimate of drug-likeness (QED) is 0.459. The van der Waals surface area contributed by atoms with Gasteiger partial charge in [0.05, 0.1) is 5.69 Å². The minimum Gasteiger partial charge on any atom is -0.354 e. The van der Waals surface area contributed by atoms with E-state index in [9.17, 15) is 4.79 Å². The number of carbonyl (C=O) groups excluding carboxylic acids is 1. The second-order valence-corrected chi connectivity index (χ2v) is 7.95. The molecule has 0 fully saturated rings. The van der Waals surface area contributed by atoms with Crippen LogP contribution in [0.4, 0.5) is 5.69 Å². The Balaban J connectivity index is 1.92. The highest BCUT2D eigenvalue weighted by atomic mass is 16.1. The smallest absolute Gasteiger partial charge is 0.227 e. The van der Waals surface area contributed by atoms with Crippen molar-refractivity contribution in [2.75, 3.05) is 12.4 Å². The highest BCUT2D eigenvalue weighted by Gasteiger charge is 2.14. The summed E-state index contributed by atoms with van der Waals surface area (Å²) in [4.78, 5) is 16.5. The van der Waals surface area contributed by atoms with Crippen molar-refractivity contribution in [3.63, 3.8) is 0 Å². The van der Waals surface area contributed by atoms with Gasteiger partial charge in [-0.1, -0.05) is 26.0 Å². The van der Waals surface area contributed by atoms with Crippen molar-refractivity contribution in [3.8, 4) is 0 Å². The molecule has 164 valence electrons. The highest BCUT2D eigenvalue weighted by Crippen LogP contribution is 2.15. The molecule has 0 saturated carbocycles. The van der Waals surface area contributed by atoms with E-state index in [2.05, 4.69) is 46.8 Å². The first-order valence-corrected chi connectivity index (χ1v) is 10.6. The number of carbonyl (C=O) groups is 1. The van der Waals surface area contributed by atoms with Gasteiger partial charge >= 0.3 is 0 Å².